The Kier molecular flexibility index (Phi) is 6.02. The molecule has 6 nitrogen and oxygen atoms in total. The molecule has 0 unspecified atom stereocenters. The first kappa shape index (κ1) is 19.9. The molecule has 1 aromatic heterocycles. The zero-order valence-corrected chi connectivity index (χ0v) is 16.3. The Labute approximate surface area is 170 Å². The highest BCUT2D eigenvalue weighted by Crippen LogP contribution is 2.25. The van der Waals surface area contributed by atoms with Crippen LogP contribution in [0.2, 0.25) is 10.0 Å². The largest absolute Gasteiger partial charge is 0.423 e. The standard InChI is InChI=1S/C20H15Cl2NO5/c1-2-7-23-18(24)15-8-11-3-5-13(10-17(11)28-20(15)26)27-19(25)14-6-4-12(21)9-16(14)22/h3-6,8-10H,2,7H2,1H3,(H,23,24). The van der Waals surface area contributed by atoms with Gasteiger partial charge < -0.3 is 14.5 Å². The van der Waals surface area contributed by atoms with Crippen LogP contribution in [0.25, 0.3) is 11.0 Å². The monoisotopic (exact) mass is 419 g/mol. The molecule has 1 heterocycles. The summed E-state index contributed by atoms with van der Waals surface area (Å²) in [7, 11) is 0. The molecular formula is C20H15Cl2NO5. The van der Waals surface area contributed by atoms with E-state index >= 15 is 0 Å². The fourth-order valence-electron chi connectivity index (χ4n) is 2.46. The van der Waals surface area contributed by atoms with Crippen molar-refractivity contribution in [2.24, 2.45) is 0 Å². The lowest BCUT2D eigenvalue weighted by Gasteiger charge is -2.07. The smallest absolute Gasteiger partial charge is 0.349 e. The molecule has 0 bridgehead atoms. The van der Waals surface area contributed by atoms with Crippen molar-refractivity contribution in [3.8, 4) is 5.75 Å². The average molecular weight is 420 g/mol. The molecule has 28 heavy (non-hydrogen) atoms. The van der Waals surface area contributed by atoms with Crippen LogP contribution in [0.4, 0.5) is 0 Å². The molecule has 144 valence electrons. The zero-order valence-electron chi connectivity index (χ0n) is 14.8. The van der Waals surface area contributed by atoms with Crippen molar-refractivity contribution >= 4 is 46.0 Å². The minimum atomic E-state index is -0.773. The predicted octanol–water partition coefficient (Wildman–Crippen LogP) is 4.46. The van der Waals surface area contributed by atoms with E-state index in [9.17, 15) is 14.4 Å². The minimum Gasteiger partial charge on any atom is -0.423 e. The van der Waals surface area contributed by atoms with E-state index in [-0.39, 0.29) is 27.5 Å². The van der Waals surface area contributed by atoms with Gasteiger partial charge in [-0.05, 0) is 42.8 Å². The van der Waals surface area contributed by atoms with E-state index in [0.29, 0.717) is 17.0 Å². The summed E-state index contributed by atoms with van der Waals surface area (Å²) < 4.78 is 10.5. The number of rotatable bonds is 5. The van der Waals surface area contributed by atoms with Crippen molar-refractivity contribution < 1.29 is 18.7 Å². The normalized spacial score (nSPS) is 10.7. The van der Waals surface area contributed by atoms with Gasteiger partial charge >= 0.3 is 11.6 Å². The number of amides is 1. The Morgan fingerprint density at radius 2 is 1.86 bits per heavy atom. The lowest BCUT2D eigenvalue weighted by Crippen LogP contribution is -2.28. The van der Waals surface area contributed by atoms with Crippen molar-refractivity contribution in [2.75, 3.05) is 6.54 Å². The maximum atomic E-state index is 12.3. The van der Waals surface area contributed by atoms with Crippen LogP contribution >= 0.6 is 23.2 Å². The van der Waals surface area contributed by atoms with Gasteiger partial charge in [-0.1, -0.05) is 30.1 Å². The van der Waals surface area contributed by atoms with Gasteiger partial charge in [-0.15, -0.1) is 0 Å². The Bertz CT molecular complexity index is 1120. The molecule has 0 aliphatic carbocycles. The third-order valence-electron chi connectivity index (χ3n) is 3.85. The fraction of sp³-hybridized carbons (Fsp3) is 0.150. The maximum Gasteiger partial charge on any atom is 0.349 e. The summed E-state index contributed by atoms with van der Waals surface area (Å²) in [5, 5.41) is 3.70. The second-order valence-corrected chi connectivity index (χ2v) is 6.76. The molecule has 0 aliphatic rings. The number of ether oxygens (including phenoxy) is 1. The molecule has 0 radical (unpaired) electrons. The van der Waals surface area contributed by atoms with E-state index in [1.54, 1.807) is 6.07 Å². The van der Waals surface area contributed by atoms with Crippen LogP contribution in [-0.2, 0) is 0 Å². The van der Waals surface area contributed by atoms with Crippen LogP contribution in [0, 0.1) is 0 Å². The molecule has 0 saturated carbocycles. The number of fused-ring (bicyclic) bond motifs is 1. The van der Waals surface area contributed by atoms with E-state index in [2.05, 4.69) is 5.32 Å². The lowest BCUT2D eigenvalue weighted by molar-refractivity contribution is 0.0735. The first-order valence-electron chi connectivity index (χ1n) is 8.42. The number of carbonyl (C=O) groups excluding carboxylic acids is 2. The zero-order chi connectivity index (χ0) is 20.3. The highest BCUT2D eigenvalue weighted by molar-refractivity contribution is 6.36. The van der Waals surface area contributed by atoms with Crippen LogP contribution in [0.5, 0.6) is 5.75 Å². The molecule has 0 atom stereocenters. The molecule has 3 rings (SSSR count). The van der Waals surface area contributed by atoms with Gasteiger partial charge in [-0.3, -0.25) is 4.79 Å². The van der Waals surface area contributed by atoms with Gasteiger partial charge in [-0.25, -0.2) is 9.59 Å². The summed E-state index contributed by atoms with van der Waals surface area (Å²) in [6.45, 7) is 2.36. The van der Waals surface area contributed by atoms with Crippen molar-refractivity contribution in [3.05, 3.63) is 74.1 Å². The van der Waals surface area contributed by atoms with Gasteiger partial charge in [0.2, 0.25) is 0 Å². The molecule has 3 aromatic rings. The molecule has 0 spiro atoms. The van der Waals surface area contributed by atoms with Crippen molar-refractivity contribution in [1.82, 2.24) is 5.32 Å². The molecule has 1 N–H and O–H groups in total. The van der Waals surface area contributed by atoms with Crippen molar-refractivity contribution in [3.63, 3.8) is 0 Å². The molecular weight excluding hydrogens is 405 g/mol. The van der Waals surface area contributed by atoms with E-state index in [0.717, 1.165) is 6.42 Å². The number of halogens is 2. The number of nitrogens with one attached hydrogen (secondary N) is 1. The molecule has 2 aromatic carbocycles. The SMILES string of the molecule is CCCNC(=O)c1cc2ccc(OC(=O)c3ccc(Cl)cc3Cl)cc2oc1=O. The highest BCUT2D eigenvalue weighted by Gasteiger charge is 2.16. The Hall–Kier alpha value is -2.83. The Morgan fingerprint density at radius 3 is 2.57 bits per heavy atom. The van der Waals surface area contributed by atoms with Crippen LogP contribution in [-0.4, -0.2) is 18.4 Å². The summed E-state index contributed by atoms with van der Waals surface area (Å²) in [6, 6.07) is 10.4. The highest BCUT2D eigenvalue weighted by atomic mass is 35.5. The molecule has 0 fully saturated rings. The summed E-state index contributed by atoms with van der Waals surface area (Å²) >= 11 is 11.8. The van der Waals surface area contributed by atoms with Gasteiger partial charge in [0.1, 0.15) is 16.9 Å². The van der Waals surface area contributed by atoms with E-state index < -0.39 is 17.5 Å². The molecule has 0 saturated heterocycles. The second-order valence-electron chi connectivity index (χ2n) is 5.92. The summed E-state index contributed by atoms with van der Waals surface area (Å²) in [5.74, 6) is -1.01. The summed E-state index contributed by atoms with van der Waals surface area (Å²) in [5.41, 5.74) is -0.524. The van der Waals surface area contributed by atoms with Gasteiger partial charge in [0, 0.05) is 23.0 Å². The number of hydrogen-bond acceptors (Lipinski definition) is 5. The second kappa shape index (κ2) is 8.46. The van der Waals surface area contributed by atoms with E-state index in [1.165, 1.54) is 36.4 Å². The topological polar surface area (TPSA) is 85.6 Å². The van der Waals surface area contributed by atoms with Crippen molar-refractivity contribution in [1.29, 1.82) is 0 Å². The lowest BCUT2D eigenvalue weighted by atomic mass is 10.1. The first-order chi connectivity index (χ1) is 13.4. The summed E-state index contributed by atoms with van der Waals surface area (Å²) in [6.07, 6.45) is 0.747. The number of benzene rings is 2. The van der Waals surface area contributed by atoms with Crippen molar-refractivity contribution in [2.45, 2.75) is 13.3 Å². The minimum absolute atomic E-state index is 0.0846. The summed E-state index contributed by atoms with van der Waals surface area (Å²) in [4.78, 5) is 36.4. The third-order valence-corrected chi connectivity index (χ3v) is 4.40. The maximum absolute atomic E-state index is 12.3. The number of carbonyl (C=O) groups is 2. The quantitative estimate of drug-likeness (QED) is 0.374. The number of esters is 1. The van der Waals surface area contributed by atoms with Crippen LogP contribution in [0.3, 0.4) is 0 Å². The van der Waals surface area contributed by atoms with E-state index in [1.807, 2.05) is 6.92 Å². The predicted molar refractivity (Wildman–Crippen MR) is 107 cm³/mol. The molecule has 1 amide bonds. The molecule has 8 heteroatoms. The van der Waals surface area contributed by atoms with Crippen LogP contribution in [0.1, 0.15) is 34.1 Å². The van der Waals surface area contributed by atoms with Gasteiger partial charge in [0.15, 0.2) is 0 Å². The van der Waals surface area contributed by atoms with Crippen LogP contribution in [0.15, 0.2) is 51.7 Å². The van der Waals surface area contributed by atoms with E-state index in [4.69, 9.17) is 32.4 Å². The first-order valence-corrected chi connectivity index (χ1v) is 9.18. The molecule has 0 aliphatic heterocycles. The van der Waals surface area contributed by atoms with Gasteiger partial charge in [0.25, 0.3) is 5.91 Å². The number of hydrogen-bond donors (Lipinski definition) is 1. The third kappa shape index (κ3) is 4.35. The van der Waals surface area contributed by atoms with Gasteiger partial charge in [0.05, 0.1) is 10.6 Å². The van der Waals surface area contributed by atoms with Crippen LogP contribution < -0.4 is 15.7 Å². The Morgan fingerprint density at radius 1 is 1.07 bits per heavy atom. The average Bonchev–Trinajstić information content (AvgIpc) is 2.65. The van der Waals surface area contributed by atoms with Gasteiger partial charge in [-0.2, -0.15) is 0 Å². The fourth-order valence-corrected chi connectivity index (χ4v) is 2.95. The Balaban J connectivity index is 1.87.